The molecule has 5 nitrogen and oxygen atoms in total. The smallest absolute Gasteiger partial charge is 0.303 e. The predicted octanol–water partition coefficient (Wildman–Crippen LogP) is 1.20. The number of pyridine rings is 1. The average Bonchev–Trinajstić information content (AvgIpc) is 2.72. The van der Waals surface area contributed by atoms with E-state index in [1.54, 1.807) is 6.20 Å². The van der Waals surface area contributed by atoms with Crippen molar-refractivity contribution in [2.45, 2.75) is 25.3 Å². The summed E-state index contributed by atoms with van der Waals surface area (Å²) >= 11 is 0. The number of carboxylic acid groups (broad SMARTS) is 1. The van der Waals surface area contributed by atoms with Crippen molar-refractivity contribution in [1.29, 1.82) is 0 Å². The molecule has 0 saturated carbocycles. The molecule has 1 aromatic heterocycles. The van der Waals surface area contributed by atoms with Gasteiger partial charge in [-0.3, -0.25) is 14.8 Å². The van der Waals surface area contributed by atoms with Crippen LogP contribution in [0.25, 0.3) is 0 Å². The van der Waals surface area contributed by atoms with Gasteiger partial charge < -0.3 is 10.8 Å². The summed E-state index contributed by atoms with van der Waals surface area (Å²) in [5.74, 6) is -0.831. The lowest BCUT2D eigenvalue weighted by Gasteiger charge is -2.10. The van der Waals surface area contributed by atoms with E-state index in [2.05, 4.69) is 9.98 Å². The van der Waals surface area contributed by atoms with E-state index in [9.17, 15) is 4.79 Å². The van der Waals surface area contributed by atoms with Gasteiger partial charge in [0.25, 0.3) is 0 Å². The maximum atomic E-state index is 10.4. The number of carbonyl (C=O) groups is 1. The highest BCUT2D eigenvalue weighted by Crippen LogP contribution is 2.26. The van der Waals surface area contributed by atoms with Crippen LogP contribution in [0, 0.1) is 0 Å². The van der Waals surface area contributed by atoms with Crippen LogP contribution in [0.3, 0.4) is 0 Å². The first kappa shape index (κ1) is 10.8. The van der Waals surface area contributed by atoms with E-state index in [0.717, 1.165) is 23.4 Å². The van der Waals surface area contributed by atoms with Gasteiger partial charge in [0.1, 0.15) is 0 Å². The number of fused-ring (bicyclic) bond motifs is 1. The Balaban J connectivity index is 2.08. The van der Waals surface area contributed by atoms with Crippen LogP contribution >= 0.6 is 0 Å². The fourth-order valence-electron chi connectivity index (χ4n) is 1.64. The van der Waals surface area contributed by atoms with Crippen molar-refractivity contribution >= 4 is 17.9 Å². The standard InChI is InChI=1S/C11H13N3O2/c12-8(1-2-11(15)16)7-5-10-9(14-6-7)3-4-13-10/h4-6,8H,1-3,12H2,(H,15,16). The number of aliphatic imine (C=N–C) groups is 1. The summed E-state index contributed by atoms with van der Waals surface area (Å²) in [5, 5.41) is 8.57. The Morgan fingerprint density at radius 1 is 1.62 bits per heavy atom. The van der Waals surface area contributed by atoms with Crippen LogP contribution in [0.2, 0.25) is 0 Å². The molecule has 0 aliphatic carbocycles. The van der Waals surface area contributed by atoms with Crippen molar-refractivity contribution in [3.63, 3.8) is 0 Å². The highest BCUT2D eigenvalue weighted by atomic mass is 16.4. The van der Waals surface area contributed by atoms with E-state index < -0.39 is 5.97 Å². The molecule has 0 aromatic carbocycles. The van der Waals surface area contributed by atoms with Crippen molar-refractivity contribution in [2.24, 2.45) is 10.7 Å². The number of nitrogens with two attached hydrogens (primary N) is 1. The summed E-state index contributed by atoms with van der Waals surface area (Å²) in [5.41, 5.74) is 8.53. The minimum Gasteiger partial charge on any atom is -0.481 e. The molecule has 0 amide bonds. The molecule has 3 N–H and O–H groups in total. The van der Waals surface area contributed by atoms with E-state index in [-0.39, 0.29) is 12.5 Å². The molecule has 1 aromatic rings. The third-order valence-corrected chi connectivity index (χ3v) is 2.58. The molecule has 2 heterocycles. The number of aromatic nitrogens is 1. The summed E-state index contributed by atoms with van der Waals surface area (Å²) in [6.07, 6.45) is 4.77. The van der Waals surface area contributed by atoms with Crippen molar-refractivity contribution in [1.82, 2.24) is 4.98 Å². The molecule has 1 aliphatic rings. The van der Waals surface area contributed by atoms with Crippen molar-refractivity contribution in [2.75, 3.05) is 0 Å². The second kappa shape index (κ2) is 4.40. The SMILES string of the molecule is NC(CCC(=O)O)c1cnc2c(c1)N=CC2. The first-order valence-electron chi connectivity index (χ1n) is 5.15. The van der Waals surface area contributed by atoms with Crippen LogP contribution in [0.4, 0.5) is 5.69 Å². The van der Waals surface area contributed by atoms with Crippen molar-refractivity contribution < 1.29 is 9.90 Å². The summed E-state index contributed by atoms with van der Waals surface area (Å²) in [4.78, 5) is 18.9. The maximum Gasteiger partial charge on any atom is 0.303 e. The first-order valence-corrected chi connectivity index (χ1v) is 5.15. The lowest BCUT2D eigenvalue weighted by atomic mass is 10.0. The topological polar surface area (TPSA) is 88.6 Å². The fourth-order valence-corrected chi connectivity index (χ4v) is 1.64. The van der Waals surface area contributed by atoms with Gasteiger partial charge in [-0.15, -0.1) is 0 Å². The fraction of sp³-hybridized carbons (Fsp3) is 0.364. The maximum absolute atomic E-state index is 10.4. The third kappa shape index (κ3) is 2.25. The molecular formula is C11H13N3O2. The monoisotopic (exact) mass is 219 g/mol. The number of rotatable bonds is 4. The lowest BCUT2D eigenvalue weighted by Crippen LogP contribution is -2.12. The molecule has 16 heavy (non-hydrogen) atoms. The zero-order chi connectivity index (χ0) is 11.5. The molecular weight excluding hydrogens is 206 g/mol. The van der Waals surface area contributed by atoms with Crippen LogP contribution in [0.5, 0.6) is 0 Å². The van der Waals surface area contributed by atoms with Gasteiger partial charge in [-0.1, -0.05) is 0 Å². The summed E-state index contributed by atoms with van der Waals surface area (Å²) in [7, 11) is 0. The van der Waals surface area contributed by atoms with E-state index in [4.69, 9.17) is 10.8 Å². The lowest BCUT2D eigenvalue weighted by molar-refractivity contribution is -0.137. The molecule has 84 valence electrons. The summed E-state index contributed by atoms with van der Waals surface area (Å²) < 4.78 is 0. The average molecular weight is 219 g/mol. The van der Waals surface area contributed by atoms with Crippen molar-refractivity contribution in [3.05, 3.63) is 23.5 Å². The molecule has 1 aliphatic heterocycles. The van der Waals surface area contributed by atoms with Crippen LogP contribution in [0.15, 0.2) is 17.3 Å². The van der Waals surface area contributed by atoms with Crippen LogP contribution in [-0.2, 0) is 11.2 Å². The number of hydrogen-bond acceptors (Lipinski definition) is 4. The Kier molecular flexibility index (Phi) is 2.96. The Labute approximate surface area is 93.0 Å². The number of nitrogens with zero attached hydrogens (tertiary/aromatic N) is 2. The minimum absolute atomic E-state index is 0.0710. The molecule has 2 rings (SSSR count). The number of carboxylic acids is 1. The van der Waals surface area contributed by atoms with Gasteiger partial charge in [0.05, 0.1) is 11.4 Å². The van der Waals surface area contributed by atoms with Gasteiger partial charge in [0.2, 0.25) is 0 Å². The quantitative estimate of drug-likeness (QED) is 0.796. The van der Waals surface area contributed by atoms with E-state index in [0.29, 0.717) is 6.42 Å². The first-order chi connectivity index (χ1) is 7.66. The summed E-state index contributed by atoms with van der Waals surface area (Å²) in [6.45, 7) is 0. The van der Waals surface area contributed by atoms with Crippen LogP contribution in [0.1, 0.15) is 30.1 Å². The Morgan fingerprint density at radius 2 is 2.44 bits per heavy atom. The molecule has 0 radical (unpaired) electrons. The summed E-state index contributed by atoms with van der Waals surface area (Å²) in [6, 6.07) is 1.60. The predicted molar refractivity (Wildman–Crippen MR) is 59.9 cm³/mol. The molecule has 0 spiro atoms. The van der Waals surface area contributed by atoms with Crippen LogP contribution in [-0.4, -0.2) is 22.3 Å². The van der Waals surface area contributed by atoms with Crippen LogP contribution < -0.4 is 5.73 Å². The second-order valence-electron chi connectivity index (χ2n) is 3.79. The molecule has 0 saturated heterocycles. The normalized spacial score (nSPS) is 14.8. The highest BCUT2D eigenvalue weighted by molar-refractivity contribution is 5.74. The van der Waals surface area contributed by atoms with E-state index in [1.165, 1.54) is 0 Å². The molecule has 0 bridgehead atoms. The minimum atomic E-state index is -0.831. The number of hydrogen-bond donors (Lipinski definition) is 2. The highest BCUT2D eigenvalue weighted by Gasteiger charge is 2.13. The zero-order valence-corrected chi connectivity index (χ0v) is 8.76. The number of aliphatic carboxylic acids is 1. The van der Waals surface area contributed by atoms with Gasteiger partial charge in [-0.25, -0.2) is 0 Å². The van der Waals surface area contributed by atoms with E-state index >= 15 is 0 Å². The molecule has 0 fully saturated rings. The zero-order valence-electron chi connectivity index (χ0n) is 8.76. The Morgan fingerprint density at radius 3 is 3.19 bits per heavy atom. The largest absolute Gasteiger partial charge is 0.481 e. The third-order valence-electron chi connectivity index (χ3n) is 2.58. The van der Waals surface area contributed by atoms with E-state index in [1.807, 2.05) is 12.3 Å². The molecule has 1 atom stereocenters. The van der Waals surface area contributed by atoms with Gasteiger partial charge in [-0.05, 0) is 18.1 Å². The van der Waals surface area contributed by atoms with Crippen molar-refractivity contribution in [3.8, 4) is 0 Å². The van der Waals surface area contributed by atoms with Gasteiger partial charge >= 0.3 is 5.97 Å². The van der Waals surface area contributed by atoms with Gasteiger partial charge in [0, 0.05) is 31.3 Å². The van der Waals surface area contributed by atoms with Gasteiger partial charge in [-0.2, -0.15) is 0 Å². The Hall–Kier alpha value is -1.75. The second-order valence-corrected chi connectivity index (χ2v) is 3.79. The molecule has 5 heteroatoms. The molecule has 1 unspecified atom stereocenters. The van der Waals surface area contributed by atoms with Gasteiger partial charge in [0.15, 0.2) is 0 Å². The Bertz CT molecular complexity index is 443.